The summed E-state index contributed by atoms with van der Waals surface area (Å²) in [5.74, 6) is -0.211. The van der Waals surface area contributed by atoms with Crippen LogP contribution in [0.4, 0.5) is 11.4 Å². The fourth-order valence-electron chi connectivity index (χ4n) is 3.18. The lowest BCUT2D eigenvalue weighted by Gasteiger charge is -2.07. The highest BCUT2D eigenvalue weighted by Gasteiger charge is 2.07. The number of carboxylic acid groups (broad SMARTS) is 1. The lowest BCUT2D eigenvalue weighted by atomic mass is 10.1. The normalized spacial score (nSPS) is 11.0. The van der Waals surface area contributed by atoms with Crippen molar-refractivity contribution in [3.8, 4) is 5.75 Å². The Bertz CT molecular complexity index is 1030. The number of unbranched alkanes of at least 4 members (excludes halogenated alkanes) is 2. The molecular weight excluding hydrogens is 388 g/mol. The van der Waals surface area contributed by atoms with E-state index >= 15 is 0 Å². The zero-order chi connectivity index (χ0) is 22.1. The molecule has 0 saturated heterocycles. The molecular formula is C26H28N2O3. The van der Waals surface area contributed by atoms with E-state index in [1.54, 1.807) is 19.1 Å². The van der Waals surface area contributed by atoms with Crippen LogP contribution in [0.15, 0.2) is 77.0 Å². The first kappa shape index (κ1) is 22.2. The van der Waals surface area contributed by atoms with Gasteiger partial charge in [-0.15, -0.1) is 0 Å². The van der Waals surface area contributed by atoms with E-state index in [4.69, 9.17) is 4.74 Å². The third kappa shape index (κ3) is 6.78. The third-order valence-electron chi connectivity index (χ3n) is 5.07. The standard InChI is InChI=1S/C26H28N2O3/c1-3-4-5-6-20-8-10-21(11-9-20)18-31-24-15-13-22(14-16-24)27-28-23-12-7-19(2)25(17-23)26(29)30/h7-17H,3-6,18H2,1-2H3,(H,29,30). The van der Waals surface area contributed by atoms with Gasteiger partial charge in [0.05, 0.1) is 16.9 Å². The number of carboxylic acids is 1. The highest BCUT2D eigenvalue weighted by molar-refractivity contribution is 5.90. The molecule has 0 atom stereocenters. The Morgan fingerprint density at radius 3 is 2.19 bits per heavy atom. The Kier molecular flexibility index (Phi) is 7.93. The molecule has 5 nitrogen and oxygen atoms in total. The molecule has 3 rings (SSSR count). The van der Waals surface area contributed by atoms with Gasteiger partial charge >= 0.3 is 5.97 Å². The van der Waals surface area contributed by atoms with Gasteiger partial charge in [0.1, 0.15) is 12.4 Å². The van der Waals surface area contributed by atoms with Crippen LogP contribution in [0.25, 0.3) is 0 Å². The maximum atomic E-state index is 11.2. The van der Waals surface area contributed by atoms with Gasteiger partial charge < -0.3 is 9.84 Å². The number of aryl methyl sites for hydroxylation is 2. The minimum absolute atomic E-state index is 0.231. The molecule has 0 saturated carbocycles. The highest BCUT2D eigenvalue weighted by atomic mass is 16.5. The SMILES string of the molecule is CCCCCc1ccc(COc2ccc(N=Nc3ccc(C)c(C(=O)O)c3)cc2)cc1. The second kappa shape index (κ2) is 11.1. The van der Waals surface area contributed by atoms with Gasteiger partial charge in [-0.2, -0.15) is 10.2 Å². The quantitative estimate of drug-likeness (QED) is 0.276. The van der Waals surface area contributed by atoms with E-state index in [0.717, 1.165) is 17.7 Å². The Morgan fingerprint density at radius 1 is 0.871 bits per heavy atom. The van der Waals surface area contributed by atoms with Crippen molar-refractivity contribution < 1.29 is 14.6 Å². The van der Waals surface area contributed by atoms with Crippen LogP contribution in [0, 0.1) is 6.92 Å². The molecule has 0 unspecified atom stereocenters. The van der Waals surface area contributed by atoms with E-state index in [2.05, 4.69) is 41.4 Å². The summed E-state index contributed by atoms with van der Waals surface area (Å²) >= 11 is 0. The number of hydrogen-bond donors (Lipinski definition) is 1. The molecule has 5 heteroatoms. The summed E-state index contributed by atoms with van der Waals surface area (Å²) in [4.78, 5) is 11.2. The fourth-order valence-corrected chi connectivity index (χ4v) is 3.18. The lowest BCUT2D eigenvalue weighted by molar-refractivity contribution is 0.0696. The van der Waals surface area contributed by atoms with Crippen LogP contribution in [0.1, 0.15) is 53.2 Å². The molecule has 0 amide bonds. The van der Waals surface area contributed by atoms with Crippen molar-refractivity contribution in [3.05, 3.63) is 89.0 Å². The highest BCUT2D eigenvalue weighted by Crippen LogP contribution is 2.23. The van der Waals surface area contributed by atoms with Crippen LogP contribution in [0.3, 0.4) is 0 Å². The molecule has 0 bridgehead atoms. The van der Waals surface area contributed by atoms with Crippen LogP contribution in [-0.4, -0.2) is 11.1 Å². The van der Waals surface area contributed by atoms with Gasteiger partial charge in [-0.25, -0.2) is 4.79 Å². The van der Waals surface area contributed by atoms with Gasteiger partial charge in [0, 0.05) is 0 Å². The van der Waals surface area contributed by atoms with Crippen LogP contribution >= 0.6 is 0 Å². The lowest BCUT2D eigenvalue weighted by Crippen LogP contribution is -1.98. The number of nitrogens with zero attached hydrogens (tertiary/aromatic N) is 2. The zero-order valence-electron chi connectivity index (χ0n) is 18.0. The van der Waals surface area contributed by atoms with Crippen molar-refractivity contribution in [3.63, 3.8) is 0 Å². The second-order valence-corrected chi connectivity index (χ2v) is 7.56. The summed E-state index contributed by atoms with van der Waals surface area (Å²) in [6.07, 6.45) is 4.88. The molecule has 3 aromatic carbocycles. The van der Waals surface area contributed by atoms with Gasteiger partial charge in [-0.3, -0.25) is 0 Å². The molecule has 3 aromatic rings. The molecule has 0 spiro atoms. The van der Waals surface area contributed by atoms with E-state index < -0.39 is 5.97 Å². The van der Waals surface area contributed by atoms with Gasteiger partial charge in [0.15, 0.2) is 0 Å². The predicted octanol–water partition coefficient (Wildman–Crippen LogP) is 7.42. The van der Waals surface area contributed by atoms with Crippen LogP contribution < -0.4 is 4.74 Å². The first-order chi connectivity index (χ1) is 15.0. The van der Waals surface area contributed by atoms with Crippen LogP contribution in [0.2, 0.25) is 0 Å². The molecule has 0 fully saturated rings. The van der Waals surface area contributed by atoms with E-state index in [1.807, 2.05) is 24.3 Å². The molecule has 0 radical (unpaired) electrons. The smallest absolute Gasteiger partial charge is 0.336 e. The summed E-state index contributed by atoms with van der Waals surface area (Å²) in [6, 6.07) is 20.9. The average Bonchev–Trinajstić information content (AvgIpc) is 2.78. The first-order valence-electron chi connectivity index (χ1n) is 10.6. The van der Waals surface area contributed by atoms with Gasteiger partial charge in [0.25, 0.3) is 0 Å². The summed E-state index contributed by atoms with van der Waals surface area (Å²) in [7, 11) is 0. The van der Waals surface area contributed by atoms with Crippen molar-refractivity contribution in [1.29, 1.82) is 0 Å². The van der Waals surface area contributed by atoms with Crippen molar-refractivity contribution in [2.75, 3.05) is 0 Å². The Hall–Kier alpha value is -3.47. The minimum atomic E-state index is -0.970. The fraction of sp³-hybridized carbons (Fsp3) is 0.269. The molecule has 0 aliphatic carbocycles. The van der Waals surface area contributed by atoms with E-state index in [-0.39, 0.29) is 5.56 Å². The third-order valence-corrected chi connectivity index (χ3v) is 5.07. The van der Waals surface area contributed by atoms with E-state index in [9.17, 15) is 9.90 Å². The van der Waals surface area contributed by atoms with Crippen molar-refractivity contribution >= 4 is 17.3 Å². The molecule has 160 valence electrons. The van der Waals surface area contributed by atoms with Crippen molar-refractivity contribution in [2.45, 2.75) is 46.1 Å². The summed E-state index contributed by atoms with van der Waals surface area (Å²) < 4.78 is 5.87. The van der Waals surface area contributed by atoms with E-state index in [0.29, 0.717) is 23.5 Å². The molecule has 1 N–H and O–H groups in total. The number of aromatic carboxylic acids is 1. The Balaban J connectivity index is 1.54. The number of ether oxygens (including phenoxy) is 1. The molecule has 31 heavy (non-hydrogen) atoms. The van der Waals surface area contributed by atoms with Crippen molar-refractivity contribution in [2.24, 2.45) is 10.2 Å². The average molecular weight is 417 g/mol. The number of azo groups is 1. The van der Waals surface area contributed by atoms with E-state index in [1.165, 1.54) is 30.9 Å². The molecule has 0 aromatic heterocycles. The number of hydrogen-bond acceptors (Lipinski definition) is 4. The Morgan fingerprint density at radius 2 is 1.52 bits per heavy atom. The van der Waals surface area contributed by atoms with Gasteiger partial charge in [-0.1, -0.05) is 50.1 Å². The summed E-state index contributed by atoms with van der Waals surface area (Å²) in [6.45, 7) is 4.49. The number of benzene rings is 3. The monoisotopic (exact) mass is 416 g/mol. The predicted molar refractivity (Wildman–Crippen MR) is 123 cm³/mol. The second-order valence-electron chi connectivity index (χ2n) is 7.56. The first-order valence-corrected chi connectivity index (χ1v) is 10.6. The molecule has 0 heterocycles. The van der Waals surface area contributed by atoms with Crippen molar-refractivity contribution in [1.82, 2.24) is 0 Å². The zero-order valence-corrected chi connectivity index (χ0v) is 18.0. The molecule has 0 aliphatic rings. The molecule has 0 aliphatic heterocycles. The summed E-state index contributed by atoms with van der Waals surface area (Å²) in [5.41, 5.74) is 4.60. The minimum Gasteiger partial charge on any atom is -0.489 e. The van der Waals surface area contributed by atoms with Crippen LogP contribution in [0.5, 0.6) is 5.75 Å². The van der Waals surface area contributed by atoms with Gasteiger partial charge in [-0.05, 0) is 72.9 Å². The number of carbonyl (C=O) groups is 1. The maximum Gasteiger partial charge on any atom is 0.336 e. The summed E-state index contributed by atoms with van der Waals surface area (Å²) in [5, 5.41) is 17.5. The topological polar surface area (TPSA) is 71.2 Å². The maximum absolute atomic E-state index is 11.2. The Labute approximate surface area is 183 Å². The number of rotatable bonds is 10. The van der Waals surface area contributed by atoms with Crippen LogP contribution in [-0.2, 0) is 13.0 Å². The van der Waals surface area contributed by atoms with Gasteiger partial charge in [0.2, 0.25) is 0 Å². The largest absolute Gasteiger partial charge is 0.489 e.